The normalized spacial score (nSPS) is 21.5. The Labute approximate surface area is 121 Å². The molecule has 2 N–H and O–H groups in total. The molecule has 1 heterocycles. The van der Waals surface area contributed by atoms with E-state index in [0.29, 0.717) is 12.5 Å². The van der Waals surface area contributed by atoms with Crippen LogP contribution in [0.1, 0.15) is 31.2 Å². The molecule has 0 aliphatic carbocycles. The van der Waals surface area contributed by atoms with Crippen molar-refractivity contribution in [3.8, 4) is 11.5 Å². The van der Waals surface area contributed by atoms with Crippen LogP contribution in [0.25, 0.3) is 0 Å². The molecule has 0 bridgehead atoms. The summed E-state index contributed by atoms with van der Waals surface area (Å²) in [6.45, 7) is 4.89. The second kappa shape index (κ2) is 6.95. The summed E-state index contributed by atoms with van der Waals surface area (Å²) in [5.41, 5.74) is 6.91. The molecule has 1 aromatic rings. The third-order valence-corrected chi connectivity index (χ3v) is 3.99. The molecule has 1 aromatic carbocycles. The molecule has 0 saturated carbocycles. The minimum Gasteiger partial charge on any atom is -0.493 e. The van der Waals surface area contributed by atoms with Gasteiger partial charge in [-0.1, -0.05) is 13.0 Å². The van der Waals surface area contributed by atoms with Gasteiger partial charge in [0, 0.05) is 6.54 Å². The van der Waals surface area contributed by atoms with Crippen molar-refractivity contribution in [3.63, 3.8) is 0 Å². The number of benzene rings is 1. The lowest BCUT2D eigenvalue weighted by molar-refractivity contribution is 0.101. The van der Waals surface area contributed by atoms with Gasteiger partial charge in [-0.2, -0.15) is 0 Å². The molecule has 4 heteroatoms. The fourth-order valence-corrected chi connectivity index (χ4v) is 2.62. The van der Waals surface area contributed by atoms with Crippen LogP contribution < -0.4 is 15.2 Å². The van der Waals surface area contributed by atoms with Gasteiger partial charge in [-0.05, 0) is 56.6 Å². The summed E-state index contributed by atoms with van der Waals surface area (Å²) in [7, 11) is 3.82. The molecule has 20 heavy (non-hydrogen) atoms. The van der Waals surface area contributed by atoms with Crippen LogP contribution in [0.3, 0.4) is 0 Å². The van der Waals surface area contributed by atoms with Gasteiger partial charge in [0.2, 0.25) is 0 Å². The molecule has 0 amide bonds. The standard InChI is InChI=1S/C16H26N2O2/c1-12(10-17)13-6-7-15(16(9-13)19-3)20-14-5-4-8-18(2)11-14/h6-7,9,12,14H,4-5,8,10-11,17H2,1-3H3. The van der Waals surface area contributed by atoms with Crippen LogP contribution in [0.2, 0.25) is 0 Å². The second-order valence-corrected chi connectivity index (χ2v) is 5.69. The van der Waals surface area contributed by atoms with E-state index in [-0.39, 0.29) is 6.10 Å². The van der Waals surface area contributed by atoms with E-state index >= 15 is 0 Å². The summed E-state index contributed by atoms with van der Waals surface area (Å²) in [4.78, 5) is 2.31. The minimum atomic E-state index is 0.250. The molecule has 2 atom stereocenters. The zero-order valence-electron chi connectivity index (χ0n) is 12.8. The number of likely N-dealkylation sites (tertiary alicyclic amines) is 1. The lowest BCUT2D eigenvalue weighted by atomic mass is 10.0. The van der Waals surface area contributed by atoms with E-state index in [0.717, 1.165) is 31.0 Å². The zero-order chi connectivity index (χ0) is 14.5. The van der Waals surface area contributed by atoms with Crippen molar-refractivity contribution in [1.29, 1.82) is 0 Å². The van der Waals surface area contributed by atoms with Gasteiger partial charge in [0.15, 0.2) is 11.5 Å². The molecule has 2 rings (SSSR count). The van der Waals surface area contributed by atoms with E-state index in [9.17, 15) is 0 Å². The molecule has 112 valence electrons. The van der Waals surface area contributed by atoms with Crippen molar-refractivity contribution in [3.05, 3.63) is 23.8 Å². The molecule has 4 nitrogen and oxygen atoms in total. The Morgan fingerprint density at radius 1 is 1.40 bits per heavy atom. The van der Waals surface area contributed by atoms with Crippen LogP contribution in [-0.2, 0) is 0 Å². The summed E-state index contributed by atoms with van der Waals surface area (Å²) in [6, 6.07) is 6.14. The van der Waals surface area contributed by atoms with Gasteiger partial charge < -0.3 is 20.1 Å². The van der Waals surface area contributed by atoms with Crippen molar-refractivity contribution in [2.24, 2.45) is 5.73 Å². The van der Waals surface area contributed by atoms with Crippen molar-refractivity contribution >= 4 is 0 Å². The molecule has 0 aromatic heterocycles. The van der Waals surface area contributed by atoms with Crippen LogP contribution >= 0.6 is 0 Å². The van der Waals surface area contributed by atoms with E-state index in [1.807, 2.05) is 12.1 Å². The van der Waals surface area contributed by atoms with Gasteiger partial charge in [-0.3, -0.25) is 0 Å². The predicted octanol–water partition coefficient (Wildman–Crippen LogP) is 2.23. The molecule has 1 fully saturated rings. The van der Waals surface area contributed by atoms with Gasteiger partial charge in [0.25, 0.3) is 0 Å². The smallest absolute Gasteiger partial charge is 0.161 e. The predicted molar refractivity (Wildman–Crippen MR) is 81.6 cm³/mol. The average molecular weight is 278 g/mol. The molecule has 0 spiro atoms. The Kier molecular flexibility index (Phi) is 5.26. The lowest BCUT2D eigenvalue weighted by Gasteiger charge is -2.30. The van der Waals surface area contributed by atoms with Gasteiger partial charge in [0.05, 0.1) is 7.11 Å². The van der Waals surface area contributed by atoms with Gasteiger partial charge in [-0.25, -0.2) is 0 Å². The topological polar surface area (TPSA) is 47.7 Å². The number of likely N-dealkylation sites (N-methyl/N-ethyl adjacent to an activating group) is 1. The van der Waals surface area contributed by atoms with Gasteiger partial charge >= 0.3 is 0 Å². The minimum absolute atomic E-state index is 0.250. The van der Waals surface area contributed by atoms with Gasteiger partial charge in [0.1, 0.15) is 6.10 Å². The fourth-order valence-electron chi connectivity index (χ4n) is 2.62. The maximum Gasteiger partial charge on any atom is 0.161 e. The number of piperidine rings is 1. The number of hydrogen-bond donors (Lipinski definition) is 1. The van der Waals surface area contributed by atoms with Crippen LogP contribution in [-0.4, -0.2) is 44.8 Å². The number of hydrogen-bond acceptors (Lipinski definition) is 4. The molecule has 2 unspecified atom stereocenters. The zero-order valence-corrected chi connectivity index (χ0v) is 12.8. The first kappa shape index (κ1) is 15.1. The van der Waals surface area contributed by atoms with Crippen LogP contribution in [0.4, 0.5) is 0 Å². The highest BCUT2D eigenvalue weighted by molar-refractivity contribution is 5.44. The fraction of sp³-hybridized carbons (Fsp3) is 0.625. The second-order valence-electron chi connectivity index (χ2n) is 5.69. The van der Waals surface area contributed by atoms with Crippen molar-refractivity contribution in [2.75, 3.05) is 33.8 Å². The molecule has 0 radical (unpaired) electrons. The highest BCUT2D eigenvalue weighted by Gasteiger charge is 2.20. The largest absolute Gasteiger partial charge is 0.493 e. The average Bonchev–Trinajstić information content (AvgIpc) is 2.47. The summed E-state index contributed by atoms with van der Waals surface area (Å²) in [5, 5.41) is 0. The Morgan fingerprint density at radius 3 is 2.85 bits per heavy atom. The molecule has 1 aliphatic rings. The Hall–Kier alpha value is -1.26. The quantitative estimate of drug-likeness (QED) is 0.897. The highest BCUT2D eigenvalue weighted by Crippen LogP contribution is 2.32. The molecule has 1 aliphatic heterocycles. The van der Waals surface area contributed by atoms with Gasteiger partial charge in [-0.15, -0.1) is 0 Å². The van der Waals surface area contributed by atoms with Crippen molar-refractivity contribution < 1.29 is 9.47 Å². The Balaban J connectivity index is 2.10. The number of nitrogens with two attached hydrogens (primary N) is 1. The number of methoxy groups -OCH3 is 1. The molecule has 1 saturated heterocycles. The summed E-state index contributed by atoms with van der Waals surface area (Å²) < 4.78 is 11.6. The maximum absolute atomic E-state index is 6.12. The third kappa shape index (κ3) is 3.64. The first-order valence-electron chi connectivity index (χ1n) is 7.37. The van der Waals surface area contributed by atoms with E-state index in [1.165, 1.54) is 12.0 Å². The Morgan fingerprint density at radius 2 is 2.20 bits per heavy atom. The van der Waals surface area contributed by atoms with Crippen molar-refractivity contribution in [2.45, 2.75) is 31.8 Å². The number of rotatable bonds is 5. The number of ether oxygens (including phenoxy) is 2. The molecular formula is C16H26N2O2. The SMILES string of the molecule is COc1cc(C(C)CN)ccc1OC1CCCN(C)C1. The van der Waals surface area contributed by atoms with Crippen molar-refractivity contribution in [1.82, 2.24) is 4.90 Å². The van der Waals surface area contributed by atoms with E-state index < -0.39 is 0 Å². The number of nitrogens with zero attached hydrogens (tertiary/aromatic N) is 1. The third-order valence-electron chi connectivity index (χ3n) is 3.99. The van der Waals surface area contributed by atoms with E-state index in [1.54, 1.807) is 7.11 Å². The van der Waals surface area contributed by atoms with Crippen LogP contribution in [0.15, 0.2) is 18.2 Å². The summed E-state index contributed by atoms with van der Waals surface area (Å²) in [6.07, 6.45) is 2.54. The van der Waals surface area contributed by atoms with E-state index in [2.05, 4.69) is 24.9 Å². The van der Waals surface area contributed by atoms with Crippen LogP contribution in [0, 0.1) is 0 Å². The van der Waals surface area contributed by atoms with E-state index in [4.69, 9.17) is 15.2 Å². The van der Waals surface area contributed by atoms with Crippen LogP contribution in [0.5, 0.6) is 11.5 Å². The summed E-state index contributed by atoms with van der Waals surface area (Å²) in [5.74, 6) is 1.97. The first-order chi connectivity index (χ1) is 9.63. The maximum atomic E-state index is 6.12. The highest BCUT2D eigenvalue weighted by atomic mass is 16.5. The first-order valence-corrected chi connectivity index (χ1v) is 7.37. The molecular weight excluding hydrogens is 252 g/mol. The summed E-state index contributed by atoms with van der Waals surface area (Å²) >= 11 is 0. The Bertz CT molecular complexity index is 436. The monoisotopic (exact) mass is 278 g/mol. The lowest BCUT2D eigenvalue weighted by Crippen LogP contribution is -2.38.